The van der Waals surface area contributed by atoms with Crippen LogP contribution in [-0.4, -0.2) is 28.7 Å². The van der Waals surface area contributed by atoms with Crippen LogP contribution in [0.4, 0.5) is 0 Å². The van der Waals surface area contributed by atoms with Gasteiger partial charge in [0.2, 0.25) is 6.79 Å². The number of hydrogen-bond acceptors (Lipinski definition) is 5. The second-order valence-corrected chi connectivity index (χ2v) is 6.75. The van der Waals surface area contributed by atoms with E-state index in [-0.39, 0.29) is 12.7 Å². The molecule has 1 aromatic heterocycles. The van der Waals surface area contributed by atoms with Gasteiger partial charge in [-0.15, -0.1) is 0 Å². The lowest BCUT2D eigenvalue weighted by Crippen LogP contribution is -2.18. The summed E-state index contributed by atoms with van der Waals surface area (Å²) in [5.74, 6) is 0.992. The summed E-state index contributed by atoms with van der Waals surface area (Å²) in [6.07, 6.45) is 3.30. The van der Waals surface area contributed by atoms with E-state index in [1.807, 2.05) is 30.3 Å². The van der Waals surface area contributed by atoms with E-state index in [0.717, 1.165) is 15.6 Å². The highest BCUT2D eigenvalue weighted by molar-refractivity contribution is 9.10. The summed E-state index contributed by atoms with van der Waals surface area (Å²) in [6, 6.07) is 15.0. The molecular formula is C19H15BrN4O3. The molecule has 0 fully saturated rings. The third-order valence-corrected chi connectivity index (χ3v) is 4.44. The van der Waals surface area contributed by atoms with E-state index >= 15 is 0 Å². The van der Waals surface area contributed by atoms with Crippen LogP contribution in [0.2, 0.25) is 0 Å². The summed E-state index contributed by atoms with van der Waals surface area (Å²) in [7, 11) is 0. The molecule has 0 aliphatic carbocycles. The molecule has 0 spiro atoms. The first-order valence-electron chi connectivity index (χ1n) is 8.18. The monoisotopic (exact) mass is 426 g/mol. The number of aromatic nitrogens is 2. The molecule has 3 aromatic rings. The van der Waals surface area contributed by atoms with Crippen LogP contribution >= 0.6 is 15.9 Å². The molecule has 0 saturated carbocycles. The second-order valence-electron chi connectivity index (χ2n) is 5.84. The third kappa shape index (κ3) is 4.17. The fourth-order valence-electron chi connectivity index (χ4n) is 2.56. The number of nitrogens with zero attached hydrogens (tertiary/aromatic N) is 3. The minimum Gasteiger partial charge on any atom is -0.454 e. The molecule has 2 heterocycles. The van der Waals surface area contributed by atoms with E-state index in [4.69, 9.17) is 9.47 Å². The Morgan fingerprint density at radius 3 is 2.85 bits per heavy atom. The maximum absolute atomic E-state index is 12.2. The van der Waals surface area contributed by atoms with Crippen molar-refractivity contribution in [1.29, 1.82) is 0 Å². The number of nitrogens with one attached hydrogen (secondary N) is 1. The predicted octanol–water partition coefficient (Wildman–Crippen LogP) is 3.19. The smallest absolute Gasteiger partial charge is 0.291 e. The molecule has 7 nitrogen and oxygen atoms in total. The number of hydrogen-bond donors (Lipinski definition) is 1. The maximum Gasteiger partial charge on any atom is 0.291 e. The number of carbonyl (C=O) groups is 1. The molecule has 27 heavy (non-hydrogen) atoms. The van der Waals surface area contributed by atoms with E-state index < -0.39 is 0 Å². The van der Waals surface area contributed by atoms with E-state index in [1.165, 1.54) is 0 Å². The van der Waals surface area contributed by atoms with E-state index in [1.54, 1.807) is 35.3 Å². The van der Waals surface area contributed by atoms with Gasteiger partial charge in [-0.2, -0.15) is 10.2 Å². The summed E-state index contributed by atoms with van der Waals surface area (Å²) in [5, 5.41) is 8.25. The van der Waals surface area contributed by atoms with E-state index in [2.05, 4.69) is 31.6 Å². The van der Waals surface area contributed by atoms with Gasteiger partial charge in [0.05, 0.1) is 12.8 Å². The molecule has 4 rings (SSSR count). The molecule has 1 N–H and O–H groups in total. The molecule has 0 atom stereocenters. The molecule has 0 unspecified atom stereocenters. The van der Waals surface area contributed by atoms with Crippen molar-refractivity contribution in [2.75, 3.05) is 6.79 Å². The van der Waals surface area contributed by atoms with Crippen molar-refractivity contribution in [3.8, 4) is 11.5 Å². The number of halogens is 1. The second kappa shape index (κ2) is 7.63. The van der Waals surface area contributed by atoms with Gasteiger partial charge in [-0.1, -0.05) is 28.1 Å². The Bertz CT molecular complexity index is 998. The number of rotatable bonds is 5. The Balaban J connectivity index is 1.36. The third-order valence-electron chi connectivity index (χ3n) is 3.91. The Hall–Kier alpha value is -3.13. The molecule has 1 aliphatic heterocycles. The minimum atomic E-state index is -0.374. The number of hydrazone groups is 1. The molecule has 1 aliphatic rings. The molecular weight excluding hydrogens is 412 g/mol. The molecule has 0 saturated heterocycles. The fourth-order valence-corrected chi connectivity index (χ4v) is 2.83. The van der Waals surface area contributed by atoms with Crippen LogP contribution in [0, 0.1) is 0 Å². The van der Waals surface area contributed by atoms with Crippen LogP contribution in [0.1, 0.15) is 21.6 Å². The van der Waals surface area contributed by atoms with Gasteiger partial charge in [-0.05, 0) is 47.5 Å². The average molecular weight is 427 g/mol. The Kier molecular flexibility index (Phi) is 4.88. The maximum atomic E-state index is 12.2. The van der Waals surface area contributed by atoms with Crippen LogP contribution < -0.4 is 14.9 Å². The Labute approximate surface area is 163 Å². The van der Waals surface area contributed by atoms with Crippen LogP contribution in [0.15, 0.2) is 64.3 Å². The van der Waals surface area contributed by atoms with E-state index in [9.17, 15) is 4.79 Å². The fraction of sp³-hybridized carbons (Fsp3) is 0.105. The van der Waals surface area contributed by atoms with Crippen molar-refractivity contribution in [3.63, 3.8) is 0 Å². The van der Waals surface area contributed by atoms with Crippen molar-refractivity contribution in [3.05, 3.63) is 76.0 Å². The minimum absolute atomic E-state index is 0.218. The normalized spacial score (nSPS) is 12.5. The van der Waals surface area contributed by atoms with Crippen LogP contribution in [0.3, 0.4) is 0 Å². The van der Waals surface area contributed by atoms with Crippen molar-refractivity contribution < 1.29 is 14.3 Å². The molecule has 1 amide bonds. The highest BCUT2D eigenvalue weighted by Gasteiger charge is 2.12. The molecule has 136 valence electrons. The topological polar surface area (TPSA) is 77.7 Å². The van der Waals surface area contributed by atoms with Gasteiger partial charge in [0.1, 0.15) is 0 Å². The summed E-state index contributed by atoms with van der Waals surface area (Å²) in [6.45, 7) is 0.802. The van der Waals surface area contributed by atoms with E-state index in [0.29, 0.717) is 23.7 Å². The van der Waals surface area contributed by atoms with Crippen molar-refractivity contribution in [1.82, 2.24) is 15.2 Å². The number of amides is 1. The lowest BCUT2D eigenvalue weighted by atomic mass is 10.2. The quantitative estimate of drug-likeness (QED) is 0.501. The predicted molar refractivity (Wildman–Crippen MR) is 103 cm³/mol. The zero-order valence-electron chi connectivity index (χ0n) is 14.1. The highest BCUT2D eigenvalue weighted by Crippen LogP contribution is 2.31. The van der Waals surface area contributed by atoms with Crippen molar-refractivity contribution in [2.24, 2.45) is 5.10 Å². The van der Waals surface area contributed by atoms with Crippen LogP contribution in [-0.2, 0) is 6.54 Å². The zero-order valence-corrected chi connectivity index (χ0v) is 15.7. The van der Waals surface area contributed by atoms with Gasteiger partial charge in [0.25, 0.3) is 5.91 Å². The summed E-state index contributed by atoms with van der Waals surface area (Å²) < 4.78 is 13.3. The summed E-state index contributed by atoms with van der Waals surface area (Å²) >= 11 is 3.41. The number of ether oxygens (including phenoxy) is 2. The summed E-state index contributed by atoms with van der Waals surface area (Å²) in [4.78, 5) is 12.2. The van der Waals surface area contributed by atoms with Gasteiger partial charge < -0.3 is 9.47 Å². The largest absolute Gasteiger partial charge is 0.454 e. The van der Waals surface area contributed by atoms with Gasteiger partial charge in [-0.3, -0.25) is 9.48 Å². The zero-order chi connectivity index (χ0) is 18.6. The van der Waals surface area contributed by atoms with Crippen molar-refractivity contribution in [2.45, 2.75) is 6.54 Å². The van der Waals surface area contributed by atoms with Crippen molar-refractivity contribution >= 4 is 28.1 Å². The highest BCUT2D eigenvalue weighted by atomic mass is 79.9. The summed E-state index contributed by atoms with van der Waals surface area (Å²) in [5.41, 5.74) is 4.66. The number of carbonyl (C=O) groups excluding carboxylic acids is 1. The Morgan fingerprint density at radius 1 is 1.19 bits per heavy atom. The van der Waals surface area contributed by atoms with Gasteiger partial charge in [-0.25, -0.2) is 5.43 Å². The number of fused-ring (bicyclic) bond motifs is 1. The first kappa shape index (κ1) is 17.3. The first-order valence-corrected chi connectivity index (χ1v) is 8.98. The molecule has 2 aromatic carbocycles. The number of benzene rings is 2. The Morgan fingerprint density at radius 2 is 2.00 bits per heavy atom. The lowest BCUT2D eigenvalue weighted by Gasteiger charge is -2.02. The average Bonchev–Trinajstić information content (AvgIpc) is 3.32. The van der Waals surface area contributed by atoms with Gasteiger partial charge >= 0.3 is 0 Å². The molecule has 0 radical (unpaired) electrons. The van der Waals surface area contributed by atoms with Crippen LogP contribution in [0.5, 0.6) is 11.5 Å². The first-order chi connectivity index (χ1) is 13.2. The molecule has 0 bridgehead atoms. The van der Waals surface area contributed by atoms with Gasteiger partial charge in [0, 0.05) is 10.7 Å². The SMILES string of the molecule is O=C(NN=Cc1ccc2c(c1)OCO2)c1ccn(Cc2ccc(Br)cc2)n1. The van der Waals surface area contributed by atoms with Gasteiger partial charge in [0.15, 0.2) is 17.2 Å². The van der Waals surface area contributed by atoms with Crippen LogP contribution in [0.25, 0.3) is 0 Å². The molecule has 8 heteroatoms. The standard InChI is InChI=1S/C19H15BrN4O3/c20-15-4-1-13(2-5-15)11-24-8-7-16(23-24)19(25)22-21-10-14-3-6-17-18(9-14)27-12-26-17/h1-10H,11-12H2,(H,22,25). The lowest BCUT2D eigenvalue weighted by molar-refractivity contribution is 0.0949.